The van der Waals surface area contributed by atoms with Crippen LogP contribution in [0.15, 0.2) is 41.3 Å². The van der Waals surface area contributed by atoms with E-state index in [1.54, 1.807) is 0 Å². The van der Waals surface area contributed by atoms with Crippen LogP contribution in [0.25, 0.3) is 0 Å². The van der Waals surface area contributed by atoms with Crippen LogP contribution in [0, 0.1) is 11.2 Å². The lowest BCUT2D eigenvalue weighted by molar-refractivity contribution is -0.148. The van der Waals surface area contributed by atoms with E-state index in [2.05, 4.69) is 0 Å². The first-order valence-corrected chi connectivity index (χ1v) is 13.2. The highest BCUT2D eigenvalue weighted by molar-refractivity contribution is 7.89. The lowest BCUT2D eigenvalue weighted by Gasteiger charge is -2.30. The lowest BCUT2D eigenvalue weighted by atomic mass is 9.95. The third kappa shape index (κ3) is 6.78. The van der Waals surface area contributed by atoms with E-state index >= 15 is 0 Å². The summed E-state index contributed by atoms with van der Waals surface area (Å²) in [6.07, 6.45) is -6.12. The number of carboxylic acid groups (broad SMARTS) is 1. The number of ether oxygens (including phenoxy) is 1. The largest absolute Gasteiger partial charge is 0.492 e. The number of carbonyl (C=O) groups is 1. The van der Waals surface area contributed by atoms with Crippen LogP contribution in [0.5, 0.6) is 5.75 Å². The van der Waals surface area contributed by atoms with Gasteiger partial charge in [0.2, 0.25) is 15.9 Å². The zero-order valence-corrected chi connectivity index (χ0v) is 22.3. The highest BCUT2D eigenvalue weighted by Crippen LogP contribution is 2.46. The fourth-order valence-corrected chi connectivity index (χ4v) is 5.55. The zero-order chi connectivity index (χ0) is 29.6. The van der Waals surface area contributed by atoms with Crippen LogP contribution < -0.4 is 9.64 Å². The average Bonchev–Trinajstić information content (AvgIpc) is 2.88. The first-order valence-electron chi connectivity index (χ1n) is 11.7. The van der Waals surface area contributed by atoms with Crippen LogP contribution in [-0.2, 0) is 21.0 Å². The molecule has 2 aromatic rings. The second-order valence-electron chi connectivity index (χ2n) is 10.2. The Morgan fingerprint density at radius 3 is 2.28 bits per heavy atom. The van der Waals surface area contributed by atoms with Gasteiger partial charge in [-0.25, -0.2) is 21.6 Å². The van der Waals surface area contributed by atoms with Crippen molar-refractivity contribution in [2.24, 2.45) is 5.41 Å². The van der Waals surface area contributed by atoms with Crippen LogP contribution in [-0.4, -0.2) is 56.0 Å². The number of carboxylic acids is 1. The van der Waals surface area contributed by atoms with Crippen molar-refractivity contribution in [1.29, 1.82) is 0 Å². The molecule has 0 saturated carbocycles. The highest BCUT2D eigenvalue weighted by Gasteiger charge is 2.43. The van der Waals surface area contributed by atoms with Crippen LogP contribution in [0.3, 0.4) is 0 Å². The summed E-state index contributed by atoms with van der Waals surface area (Å²) in [6.45, 7) is 2.02. The highest BCUT2D eigenvalue weighted by atomic mass is 32.2. The number of nitrogens with zero attached hydrogens (tertiary/aromatic N) is 2. The third-order valence-electron chi connectivity index (χ3n) is 6.43. The molecular weight excluding hydrogens is 554 g/mol. The molecular formula is C25H28F6N2O5S. The van der Waals surface area contributed by atoms with Crippen molar-refractivity contribution in [2.75, 3.05) is 25.1 Å². The Morgan fingerprint density at radius 2 is 1.74 bits per heavy atom. The van der Waals surface area contributed by atoms with Crippen LogP contribution >= 0.6 is 0 Å². The minimum atomic E-state index is -5.06. The maximum atomic E-state index is 14.2. The van der Waals surface area contributed by atoms with Crippen LogP contribution in [0.1, 0.15) is 39.2 Å². The van der Waals surface area contributed by atoms with E-state index in [-0.39, 0.29) is 18.7 Å². The van der Waals surface area contributed by atoms with Gasteiger partial charge in [0.05, 0.1) is 16.7 Å². The van der Waals surface area contributed by atoms with E-state index in [9.17, 15) is 44.7 Å². The molecule has 3 rings (SSSR count). The summed E-state index contributed by atoms with van der Waals surface area (Å²) >= 11 is 0. The van der Waals surface area contributed by atoms with Gasteiger partial charge in [-0.05, 0) is 51.5 Å². The number of likely N-dealkylation sites (N-methyl/N-ethyl adjacent to an activating group) is 1. The zero-order valence-electron chi connectivity index (χ0n) is 21.5. The summed E-state index contributed by atoms with van der Waals surface area (Å²) < 4.78 is 117. The molecule has 216 valence electrons. The van der Waals surface area contributed by atoms with Gasteiger partial charge in [-0.15, -0.1) is 0 Å². The minimum Gasteiger partial charge on any atom is -0.492 e. The molecule has 0 fully saturated rings. The van der Waals surface area contributed by atoms with E-state index < -0.39 is 80.3 Å². The normalized spacial score (nSPS) is 18.4. The Morgan fingerprint density at radius 1 is 1.10 bits per heavy atom. The summed E-state index contributed by atoms with van der Waals surface area (Å²) in [5.41, 5.74) is -3.46. The third-order valence-corrected chi connectivity index (χ3v) is 8.37. The Bertz CT molecular complexity index is 1340. The van der Waals surface area contributed by atoms with Gasteiger partial charge >= 0.3 is 12.1 Å². The summed E-state index contributed by atoms with van der Waals surface area (Å²) in [7, 11) is -3.47. The predicted molar refractivity (Wildman–Crippen MR) is 130 cm³/mol. The molecule has 14 heteroatoms. The number of alkyl halides is 5. The Kier molecular flexibility index (Phi) is 8.24. The first-order chi connectivity index (χ1) is 17.7. The van der Waals surface area contributed by atoms with E-state index in [1.165, 1.54) is 26.0 Å². The monoisotopic (exact) mass is 582 g/mol. The van der Waals surface area contributed by atoms with Crippen LogP contribution in [0.2, 0.25) is 0 Å². The molecule has 0 radical (unpaired) electrons. The van der Waals surface area contributed by atoms with Gasteiger partial charge < -0.3 is 14.7 Å². The summed E-state index contributed by atoms with van der Waals surface area (Å²) in [5.74, 6) is -6.18. The molecule has 1 aliphatic heterocycles. The van der Waals surface area contributed by atoms with Gasteiger partial charge in [-0.1, -0.05) is 6.07 Å². The fraction of sp³-hybridized carbons (Fsp3) is 0.480. The van der Waals surface area contributed by atoms with Gasteiger partial charge in [0.25, 0.3) is 0 Å². The fourth-order valence-electron chi connectivity index (χ4n) is 3.99. The molecule has 1 heterocycles. The average molecular weight is 583 g/mol. The molecule has 2 aromatic carbocycles. The predicted octanol–water partition coefficient (Wildman–Crippen LogP) is 5.91. The molecule has 0 amide bonds. The van der Waals surface area contributed by atoms with Crippen molar-refractivity contribution in [2.45, 2.75) is 56.6 Å². The molecule has 0 aromatic heterocycles. The number of hydrogen-bond acceptors (Lipinski definition) is 5. The standard InChI is InChI=1S/C25H28F6N2O5S/c1-23(2,22(34)35)14-38-20-12-21-19(11-18(20)25(29,30)31)33(16-7-5-6-15(26)10-16)13-17(8-9-24(3,27)28)32(4)39(21,36)37/h5-7,10-12,17H,8-9,13-14H2,1-4H3,(H,34,35)/t17-/m1/s1. The number of rotatable bonds is 8. The number of benzene rings is 2. The Balaban J connectivity index is 2.27. The molecule has 1 aliphatic rings. The van der Waals surface area contributed by atoms with Gasteiger partial charge in [-0.2, -0.15) is 17.5 Å². The Labute approximate surface area is 222 Å². The van der Waals surface area contributed by atoms with E-state index in [4.69, 9.17) is 4.74 Å². The minimum absolute atomic E-state index is 0.00353. The van der Waals surface area contributed by atoms with Crippen LogP contribution in [0.4, 0.5) is 37.7 Å². The number of sulfonamides is 1. The first kappa shape index (κ1) is 30.5. The number of halogens is 6. The maximum absolute atomic E-state index is 14.2. The lowest BCUT2D eigenvalue weighted by Crippen LogP contribution is -2.41. The van der Waals surface area contributed by atoms with E-state index in [0.29, 0.717) is 19.1 Å². The molecule has 1 atom stereocenters. The summed E-state index contributed by atoms with van der Waals surface area (Å²) in [6, 6.07) is 4.75. The molecule has 0 spiro atoms. The molecule has 0 unspecified atom stereocenters. The summed E-state index contributed by atoms with van der Waals surface area (Å²) in [5, 5.41) is 9.32. The van der Waals surface area contributed by atoms with Crippen molar-refractivity contribution >= 4 is 27.4 Å². The van der Waals surface area contributed by atoms with Gasteiger partial charge in [0, 0.05) is 37.8 Å². The number of aliphatic carboxylic acids is 1. The van der Waals surface area contributed by atoms with Gasteiger partial charge in [-0.3, -0.25) is 4.79 Å². The topological polar surface area (TPSA) is 87.2 Å². The van der Waals surface area contributed by atoms with Crippen molar-refractivity contribution in [3.63, 3.8) is 0 Å². The molecule has 0 saturated heterocycles. The number of hydrogen-bond donors (Lipinski definition) is 1. The van der Waals surface area contributed by atoms with Gasteiger partial charge in [0.15, 0.2) is 0 Å². The van der Waals surface area contributed by atoms with Gasteiger partial charge in [0.1, 0.15) is 23.1 Å². The van der Waals surface area contributed by atoms with E-state index in [1.807, 2.05) is 0 Å². The number of fused-ring (bicyclic) bond motifs is 1. The maximum Gasteiger partial charge on any atom is 0.420 e. The number of anilines is 2. The molecule has 39 heavy (non-hydrogen) atoms. The molecule has 0 bridgehead atoms. The smallest absolute Gasteiger partial charge is 0.420 e. The Hall–Kier alpha value is -3.00. The molecule has 0 aliphatic carbocycles. The quantitative estimate of drug-likeness (QED) is 0.390. The second-order valence-corrected chi connectivity index (χ2v) is 12.1. The van der Waals surface area contributed by atoms with Crippen molar-refractivity contribution < 1.29 is 49.4 Å². The van der Waals surface area contributed by atoms with Crippen molar-refractivity contribution in [3.8, 4) is 5.75 Å². The van der Waals surface area contributed by atoms with Crippen molar-refractivity contribution in [3.05, 3.63) is 47.8 Å². The SMILES string of the molecule is CN1[C@H](CCC(C)(F)F)CN(c2cccc(F)c2)c2cc(C(F)(F)F)c(OCC(C)(C)C(=O)O)cc2S1(=O)=O. The van der Waals surface area contributed by atoms with E-state index in [0.717, 1.165) is 28.4 Å². The molecule has 7 nitrogen and oxygen atoms in total. The van der Waals surface area contributed by atoms with Crippen molar-refractivity contribution in [1.82, 2.24) is 4.31 Å². The second kappa shape index (κ2) is 10.5. The summed E-state index contributed by atoms with van der Waals surface area (Å²) in [4.78, 5) is 11.9. The molecule has 1 N–H and O–H groups in total.